The number of imidazole rings is 1. The van der Waals surface area contributed by atoms with Crippen molar-refractivity contribution in [3.05, 3.63) is 53.9 Å². The summed E-state index contributed by atoms with van der Waals surface area (Å²) in [6.07, 6.45) is 5.90. The summed E-state index contributed by atoms with van der Waals surface area (Å²) in [7, 11) is 0. The molecule has 0 unspecified atom stereocenters. The van der Waals surface area contributed by atoms with E-state index in [0.29, 0.717) is 0 Å². The Morgan fingerprint density at radius 1 is 1.38 bits per heavy atom. The first-order valence-electron chi connectivity index (χ1n) is 8.57. The summed E-state index contributed by atoms with van der Waals surface area (Å²) >= 11 is 0. The Hall–Kier alpha value is -2.17. The van der Waals surface area contributed by atoms with Crippen molar-refractivity contribution in [1.29, 1.82) is 0 Å². The summed E-state index contributed by atoms with van der Waals surface area (Å²) < 4.78 is 21.5. The maximum absolute atomic E-state index is 14.2. The van der Waals surface area contributed by atoms with E-state index in [9.17, 15) is 9.18 Å². The number of halogens is 1. The lowest BCUT2D eigenvalue weighted by Crippen LogP contribution is -2.42. The van der Waals surface area contributed by atoms with Crippen LogP contribution in [0.1, 0.15) is 68.0 Å². The smallest absolute Gasteiger partial charge is 0.360 e. The molecule has 0 aliphatic heterocycles. The van der Waals surface area contributed by atoms with Gasteiger partial charge in [0.15, 0.2) is 5.69 Å². The van der Waals surface area contributed by atoms with Crippen LogP contribution in [0.3, 0.4) is 0 Å². The van der Waals surface area contributed by atoms with Gasteiger partial charge in [-0.05, 0) is 38.2 Å². The predicted octanol–water partition coefficient (Wildman–Crippen LogP) is 4.51. The minimum atomic E-state index is -0.770. The number of carbonyl (C=O) groups is 1. The van der Waals surface area contributed by atoms with Crippen LogP contribution in [-0.2, 0) is 4.74 Å². The topological polar surface area (TPSA) is 44.1 Å². The highest BCUT2D eigenvalue weighted by Gasteiger charge is 2.41. The van der Waals surface area contributed by atoms with Gasteiger partial charge in [-0.2, -0.15) is 4.39 Å². The third-order valence-corrected chi connectivity index (χ3v) is 4.92. The van der Waals surface area contributed by atoms with E-state index in [4.69, 9.17) is 4.74 Å². The zero-order valence-electron chi connectivity index (χ0n) is 14.2. The highest BCUT2D eigenvalue weighted by Crippen LogP contribution is 2.40. The molecule has 1 aromatic heterocycles. The number of ether oxygens (including phenoxy) is 1. The number of carbonyl (C=O) groups excluding carboxylic acids is 1. The molecule has 1 heterocycles. The number of rotatable bonds is 6. The Morgan fingerprint density at radius 2 is 2.08 bits per heavy atom. The first kappa shape index (κ1) is 16.7. The molecule has 1 aromatic carbocycles. The van der Waals surface area contributed by atoms with Crippen molar-refractivity contribution in [2.75, 3.05) is 0 Å². The van der Waals surface area contributed by atoms with Crippen molar-refractivity contribution in [2.24, 2.45) is 0 Å². The highest BCUT2D eigenvalue weighted by atomic mass is 19.1. The molecule has 3 rings (SSSR count). The fraction of sp³-hybridized carbons (Fsp3) is 0.474. The maximum atomic E-state index is 14.2. The van der Waals surface area contributed by atoms with Crippen molar-refractivity contribution in [3.8, 4) is 0 Å². The summed E-state index contributed by atoms with van der Waals surface area (Å²) in [5.41, 5.74) is 0.480. The fourth-order valence-electron chi connectivity index (χ4n) is 3.39. The first-order valence-corrected chi connectivity index (χ1v) is 8.57. The quantitative estimate of drug-likeness (QED) is 0.732. The van der Waals surface area contributed by atoms with E-state index >= 15 is 0 Å². The van der Waals surface area contributed by atoms with Gasteiger partial charge in [-0.15, -0.1) is 0 Å². The molecule has 24 heavy (non-hydrogen) atoms. The van der Waals surface area contributed by atoms with E-state index in [2.05, 4.69) is 11.9 Å². The Labute approximate surface area is 141 Å². The van der Waals surface area contributed by atoms with E-state index in [0.717, 1.165) is 37.7 Å². The third kappa shape index (κ3) is 3.07. The number of nitrogens with zero attached hydrogens (tertiary/aromatic N) is 2. The molecule has 1 atom stereocenters. The number of hydrogen-bond donors (Lipinski definition) is 0. The van der Waals surface area contributed by atoms with Gasteiger partial charge in [0.25, 0.3) is 0 Å². The molecule has 1 aliphatic rings. The number of aromatic nitrogens is 2. The van der Waals surface area contributed by atoms with Crippen LogP contribution in [0.4, 0.5) is 4.39 Å². The molecule has 0 saturated heterocycles. The normalized spacial score (nSPS) is 17.1. The molecule has 1 fully saturated rings. The molecule has 0 radical (unpaired) electrons. The van der Waals surface area contributed by atoms with Crippen LogP contribution in [0.2, 0.25) is 0 Å². The Kier molecular flexibility index (Phi) is 4.69. The second-order valence-electron chi connectivity index (χ2n) is 6.55. The van der Waals surface area contributed by atoms with Crippen LogP contribution in [0.25, 0.3) is 0 Å². The summed E-state index contributed by atoms with van der Waals surface area (Å²) in [6.45, 7) is 3.98. The second-order valence-corrected chi connectivity index (χ2v) is 6.55. The standard InChI is InChI=1S/C19H23FN2O2/c1-3-10-19(11-7-12-19)24-18(23)16-17(20)21-13-22(16)14(2)15-8-5-4-6-9-15/h4-6,8-9,13-14H,3,7,10-12H2,1-2H3/t14-/m1/s1. The van der Waals surface area contributed by atoms with Crippen LogP contribution < -0.4 is 0 Å². The summed E-state index contributed by atoms with van der Waals surface area (Å²) in [5, 5.41) is 0. The first-order chi connectivity index (χ1) is 11.6. The molecular formula is C19H23FN2O2. The van der Waals surface area contributed by atoms with Gasteiger partial charge in [0, 0.05) is 0 Å². The third-order valence-electron chi connectivity index (χ3n) is 4.92. The Balaban J connectivity index is 1.86. The van der Waals surface area contributed by atoms with Crippen LogP contribution in [-0.4, -0.2) is 21.1 Å². The average Bonchev–Trinajstić information content (AvgIpc) is 2.94. The van der Waals surface area contributed by atoms with E-state index in [1.165, 1.54) is 6.33 Å². The molecule has 0 spiro atoms. The van der Waals surface area contributed by atoms with Crippen LogP contribution in [0.15, 0.2) is 36.7 Å². The lowest BCUT2D eigenvalue weighted by atomic mass is 9.77. The zero-order valence-corrected chi connectivity index (χ0v) is 14.2. The van der Waals surface area contributed by atoms with Gasteiger partial charge in [0.1, 0.15) is 5.60 Å². The lowest BCUT2D eigenvalue weighted by Gasteiger charge is -2.41. The molecule has 1 aliphatic carbocycles. The van der Waals surface area contributed by atoms with Gasteiger partial charge < -0.3 is 9.30 Å². The number of hydrogen-bond acceptors (Lipinski definition) is 3. The van der Waals surface area contributed by atoms with Crippen LogP contribution in [0.5, 0.6) is 0 Å². The van der Waals surface area contributed by atoms with E-state index in [1.807, 2.05) is 37.3 Å². The number of benzene rings is 1. The molecule has 0 amide bonds. The minimum Gasteiger partial charge on any atom is -0.454 e. The summed E-state index contributed by atoms with van der Waals surface area (Å²) in [5.74, 6) is -1.38. The molecule has 4 nitrogen and oxygen atoms in total. The summed E-state index contributed by atoms with van der Waals surface area (Å²) in [4.78, 5) is 16.3. The van der Waals surface area contributed by atoms with Crippen LogP contribution >= 0.6 is 0 Å². The Bertz CT molecular complexity index is 707. The molecule has 5 heteroatoms. The highest BCUT2D eigenvalue weighted by molar-refractivity contribution is 5.88. The molecule has 0 bridgehead atoms. The van der Waals surface area contributed by atoms with Crippen molar-refractivity contribution >= 4 is 5.97 Å². The Morgan fingerprint density at radius 3 is 2.67 bits per heavy atom. The van der Waals surface area contributed by atoms with Crippen LogP contribution in [0, 0.1) is 5.95 Å². The largest absolute Gasteiger partial charge is 0.454 e. The van der Waals surface area contributed by atoms with Gasteiger partial charge in [0.2, 0.25) is 5.95 Å². The van der Waals surface area contributed by atoms with Gasteiger partial charge in [-0.3, -0.25) is 0 Å². The second kappa shape index (κ2) is 6.75. The van der Waals surface area contributed by atoms with Gasteiger partial charge >= 0.3 is 5.97 Å². The predicted molar refractivity (Wildman–Crippen MR) is 89.3 cm³/mol. The van der Waals surface area contributed by atoms with Gasteiger partial charge in [0.05, 0.1) is 12.4 Å². The molecular weight excluding hydrogens is 307 g/mol. The zero-order chi connectivity index (χ0) is 17.2. The van der Waals surface area contributed by atoms with Crippen molar-refractivity contribution < 1.29 is 13.9 Å². The fourth-order valence-corrected chi connectivity index (χ4v) is 3.39. The average molecular weight is 330 g/mol. The van der Waals surface area contributed by atoms with Crippen molar-refractivity contribution in [1.82, 2.24) is 9.55 Å². The van der Waals surface area contributed by atoms with Crippen molar-refractivity contribution in [3.63, 3.8) is 0 Å². The van der Waals surface area contributed by atoms with Gasteiger partial charge in [-0.25, -0.2) is 9.78 Å². The summed E-state index contributed by atoms with van der Waals surface area (Å²) in [6, 6.07) is 9.45. The monoisotopic (exact) mass is 330 g/mol. The van der Waals surface area contributed by atoms with E-state index in [1.54, 1.807) is 4.57 Å². The molecule has 128 valence electrons. The molecule has 2 aromatic rings. The van der Waals surface area contributed by atoms with Crippen molar-refractivity contribution in [2.45, 2.75) is 57.6 Å². The minimum absolute atomic E-state index is 0.0891. The molecule has 1 saturated carbocycles. The SMILES string of the molecule is CCCC1(OC(=O)c2c(F)ncn2[C@H](C)c2ccccc2)CCC1. The maximum Gasteiger partial charge on any atom is 0.360 e. The number of esters is 1. The van der Waals surface area contributed by atoms with E-state index in [-0.39, 0.29) is 11.7 Å². The van der Waals surface area contributed by atoms with Gasteiger partial charge in [-0.1, -0.05) is 43.7 Å². The lowest BCUT2D eigenvalue weighted by molar-refractivity contribution is -0.0685. The van der Waals surface area contributed by atoms with E-state index < -0.39 is 17.5 Å². The molecule has 0 N–H and O–H groups in total.